The molecule has 2 heteroatoms. The van der Waals surface area contributed by atoms with Crippen molar-refractivity contribution in [3.8, 4) is 0 Å². The number of ether oxygens (including phenoxy) is 1. The summed E-state index contributed by atoms with van der Waals surface area (Å²) < 4.78 is 5.29. The summed E-state index contributed by atoms with van der Waals surface area (Å²) in [5, 5.41) is 3.13. The van der Waals surface area contributed by atoms with Crippen molar-refractivity contribution in [3.05, 3.63) is 24.1 Å². The molecule has 1 rings (SSSR count). The largest absolute Gasteiger partial charge is 0.494 e. The van der Waals surface area contributed by atoms with Gasteiger partial charge in [-0.25, -0.2) is 0 Å². The van der Waals surface area contributed by atoms with Crippen LogP contribution in [0.1, 0.15) is 13.8 Å². The molecule has 1 aliphatic rings. The van der Waals surface area contributed by atoms with Crippen LogP contribution >= 0.6 is 0 Å². The summed E-state index contributed by atoms with van der Waals surface area (Å²) in [4.78, 5) is 0. The summed E-state index contributed by atoms with van der Waals surface area (Å²) in [7, 11) is 0. The third kappa shape index (κ3) is 1.79. The molecule has 1 heterocycles. The number of rotatable bonds is 2. The van der Waals surface area contributed by atoms with E-state index in [4.69, 9.17) is 4.74 Å². The smallest absolute Gasteiger partial charge is 0.118 e. The topological polar surface area (TPSA) is 21.3 Å². The lowest BCUT2D eigenvalue weighted by Crippen LogP contribution is -2.21. The van der Waals surface area contributed by atoms with Crippen LogP contribution in [0.4, 0.5) is 0 Å². The third-order valence-corrected chi connectivity index (χ3v) is 1.33. The van der Waals surface area contributed by atoms with Gasteiger partial charge < -0.3 is 10.1 Å². The molecule has 0 saturated carbocycles. The van der Waals surface area contributed by atoms with Crippen LogP contribution < -0.4 is 5.32 Å². The molecular formula is C8H13NO. The van der Waals surface area contributed by atoms with E-state index in [-0.39, 0.29) is 0 Å². The highest BCUT2D eigenvalue weighted by molar-refractivity contribution is 5.18. The monoisotopic (exact) mass is 139 g/mol. The van der Waals surface area contributed by atoms with Gasteiger partial charge in [0.25, 0.3) is 0 Å². The first-order valence-electron chi connectivity index (χ1n) is 3.60. The minimum Gasteiger partial charge on any atom is -0.494 e. The van der Waals surface area contributed by atoms with E-state index in [2.05, 4.69) is 18.3 Å². The molecule has 0 fully saturated rings. The van der Waals surface area contributed by atoms with Crippen LogP contribution in [0.2, 0.25) is 0 Å². The molecule has 0 aromatic rings. The Kier molecular flexibility index (Phi) is 2.37. The molecule has 0 amide bonds. The van der Waals surface area contributed by atoms with Crippen LogP contribution in [-0.4, -0.2) is 12.6 Å². The SMILES string of the molecule is CCOC1=C[C@H](C)NC=C1. The second-order valence-corrected chi connectivity index (χ2v) is 2.29. The number of hydrogen-bond donors (Lipinski definition) is 1. The van der Waals surface area contributed by atoms with E-state index in [0.717, 1.165) is 12.4 Å². The fourth-order valence-corrected chi connectivity index (χ4v) is 0.895. The van der Waals surface area contributed by atoms with Crippen molar-refractivity contribution in [3.63, 3.8) is 0 Å². The van der Waals surface area contributed by atoms with Gasteiger partial charge in [0.1, 0.15) is 5.76 Å². The zero-order chi connectivity index (χ0) is 7.40. The Labute approximate surface area is 61.6 Å². The van der Waals surface area contributed by atoms with Crippen molar-refractivity contribution in [1.82, 2.24) is 5.32 Å². The molecule has 10 heavy (non-hydrogen) atoms. The van der Waals surface area contributed by atoms with Crippen molar-refractivity contribution in [2.45, 2.75) is 19.9 Å². The van der Waals surface area contributed by atoms with E-state index in [9.17, 15) is 0 Å². The number of hydrogen-bond acceptors (Lipinski definition) is 2. The molecule has 0 unspecified atom stereocenters. The standard InChI is InChI=1S/C8H13NO/c1-3-10-8-4-5-9-7(2)6-8/h4-7,9H,3H2,1-2H3/t7-/m0/s1. The maximum absolute atomic E-state index is 5.29. The first-order valence-corrected chi connectivity index (χ1v) is 3.60. The summed E-state index contributed by atoms with van der Waals surface area (Å²) in [5.41, 5.74) is 0. The maximum Gasteiger partial charge on any atom is 0.118 e. The highest BCUT2D eigenvalue weighted by Gasteiger charge is 2.01. The van der Waals surface area contributed by atoms with Crippen molar-refractivity contribution in [2.75, 3.05) is 6.61 Å². The molecule has 0 aromatic carbocycles. The Balaban J connectivity index is 2.49. The van der Waals surface area contributed by atoms with E-state index in [1.165, 1.54) is 0 Å². The van der Waals surface area contributed by atoms with Crippen LogP contribution in [-0.2, 0) is 4.74 Å². The zero-order valence-corrected chi connectivity index (χ0v) is 6.42. The highest BCUT2D eigenvalue weighted by atomic mass is 16.5. The summed E-state index contributed by atoms with van der Waals surface area (Å²) in [6.07, 6.45) is 5.91. The van der Waals surface area contributed by atoms with Crippen LogP contribution in [0.5, 0.6) is 0 Å². The minimum atomic E-state index is 0.395. The second-order valence-electron chi connectivity index (χ2n) is 2.29. The van der Waals surface area contributed by atoms with Gasteiger partial charge >= 0.3 is 0 Å². The zero-order valence-electron chi connectivity index (χ0n) is 6.42. The molecule has 0 bridgehead atoms. The molecule has 1 aliphatic heterocycles. The average Bonchev–Trinajstić information content (AvgIpc) is 1.88. The molecule has 2 nitrogen and oxygen atoms in total. The Hall–Kier alpha value is -0.920. The number of allylic oxidation sites excluding steroid dienone is 1. The van der Waals surface area contributed by atoms with Gasteiger partial charge in [-0.3, -0.25) is 0 Å². The molecule has 0 saturated heterocycles. The van der Waals surface area contributed by atoms with Gasteiger partial charge in [-0.05, 0) is 26.0 Å². The van der Waals surface area contributed by atoms with E-state index in [1.807, 2.05) is 19.2 Å². The van der Waals surface area contributed by atoms with Crippen LogP contribution in [0, 0.1) is 0 Å². The molecule has 0 aromatic heterocycles. The van der Waals surface area contributed by atoms with E-state index in [1.54, 1.807) is 0 Å². The summed E-state index contributed by atoms with van der Waals surface area (Å²) in [6, 6.07) is 0.395. The van der Waals surface area contributed by atoms with Gasteiger partial charge in [0.15, 0.2) is 0 Å². The molecule has 1 N–H and O–H groups in total. The molecule has 1 atom stereocenters. The first kappa shape index (κ1) is 7.19. The van der Waals surface area contributed by atoms with Gasteiger partial charge in [0.2, 0.25) is 0 Å². The average molecular weight is 139 g/mol. The second kappa shape index (κ2) is 3.30. The fraction of sp³-hybridized carbons (Fsp3) is 0.500. The van der Waals surface area contributed by atoms with E-state index in [0.29, 0.717) is 6.04 Å². The lowest BCUT2D eigenvalue weighted by atomic mass is 10.2. The minimum absolute atomic E-state index is 0.395. The lowest BCUT2D eigenvalue weighted by Gasteiger charge is -2.14. The summed E-state index contributed by atoms with van der Waals surface area (Å²) in [5.74, 6) is 0.966. The number of nitrogens with one attached hydrogen (secondary N) is 1. The third-order valence-electron chi connectivity index (χ3n) is 1.33. The first-order chi connectivity index (χ1) is 4.83. The van der Waals surface area contributed by atoms with Gasteiger partial charge in [-0.15, -0.1) is 0 Å². The summed E-state index contributed by atoms with van der Waals surface area (Å²) in [6.45, 7) is 4.81. The fourth-order valence-electron chi connectivity index (χ4n) is 0.895. The molecular weight excluding hydrogens is 126 g/mol. The van der Waals surface area contributed by atoms with Crippen LogP contribution in [0.25, 0.3) is 0 Å². The predicted octanol–water partition coefficient (Wildman–Crippen LogP) is 1.41. The number of dihydropyridines is 1. The Morgan fingerprint density at radius 3 is 3.10 bits per heavy atom. The van der Waals surface area contributed by atoms with Crippen molar-refractivity contribution in [1.29, 1.82) is 0 Å². The molecule has 0 spiro atoms. The van der Waals surface area contributed by atoms with Crippen molar-refractivity contribution >= 4 is 0 Å². The van der Waals surface area contributed by atoms with Gasteiger partial charge in [-0.1, -0.05) is 0 Å². The molecule has 56 valence electrons. The van der Waals surface area contributed by atoms with Crippen LogP contribution in [0.3, 0.4) is 0 Å². The van der Waals surface area contributed by atoms with Gasteiger partial charge in [-0.2, -0.15) is 0 Å². The highest BCUT2D eigenvalue weighted by Crippen LogP contribution is 2.05. The van der Waals surface area contributed by atoms with Gasteiger partial charge in [0, 0.05) is 12.2 Å². The molecule has 0 aliphatic carbocycles. The maximum atomic E-state index is 5.29. The Morgan fingerprint density at radius 1 is 1.70 bits per heavy atom. The van der Waals surface area contributed by atoms with E-state index >= 15 is 0 Å². The summed E-state index contributed by atoms with van der Waals surface area (Å²) >= 11 is 0. The quantitative estimate of drug-likeness (QED) is 0.624. The predicted molar refractivity (Wildman–Crippen MR) is 41.4 cm³/mol. The van der Waals surface area contributed by atoms with Crippen molar-refractivity contribution < 1.29 is 4.74 Å². The van der Waals surface area contributed by atoms with E-state index < -0.39 is 0 Å². The molecule has 0 radical (unpaired) electrons. The van der Waals surface area contributed by atoms with Crippen molar-refractivity contribution in [2.24, 2.45) is 0 Å². The van der Waals surface area contributed by atoms with Gasteiger partial charge in [0.05, 0.1) is 6.61 Å². The Morgan fingerprint density at radius 2 is 2.50 bits per heavy atom. The van der Waals surface area contributed by atoms with Crippen LogP contribution in [0.15, 0.2) is 24.1 Å². The Bertz CT molecular complexity index is 161. The normalized spacial score (nSPS) is 23.4. The lowest BCUT2D eigenvalue weighted by molar-refractivity contribution is 0.238.